The molecule has 2 atom stereocenters. The molecule has 64 heavy (non-hydrogen) atoms. The van der Waals surface area contributed by atoms with E-state index in [1.54, 1.807) is 30.3 Å². The number of hydrogen-bond acceptors (Lipinski definition) is 13. The summed E-state index contributed by atoms with van der Waals surface area (Å²) in [6.07, 6.45) is 9.99. The van der Waals surface area contributed by atoms with Crippen LogP contribution in [0.4, 0.5) is 26.7 Å². The van der Waals surface area contributed by atoms with Gasteiger partial charge in [-0.1, -0.05) is 12.1 Å². The number of hydrogen-bond donors (Lipinski definition) is 4. The number of aliphatic hydroxyl groups is 1. The molecule has 4 aromatic heterocycles. The number of carbonyl (C=O) groups is 4. The zero-order chi connectivity index (χ0) is 44.0. The Hall–Kier alpha value is -6.73. The van der Waals surface area contributed by atoms with Crippen molar-refractivity contribution in [3.8, 4) is 11.1 Å². The molecule has 3 fully saturated rings. The highest BCUT2D eigenvalue weighted by atomic mass is 32.1. The average Bonchev–Trinajstić information content (AvgIpc) is 4.13. The van der Waals surface area contributed by atoms with Crippen molar-refractivity contribution in [3.63, 3.8) is 0 Å². The number of benzene rings is 2. The Bertz CT molecular complexity index is 2710. The quantitative estimate of drug-likeness (QED) is 0.135. The second-order valence-electron chi connectivity index (χ2n) is 17.0. The van der Waals surface area contributed by atoms with Crippen LogP contribution in [0.3, 0.4) is 0 Å². The topological polar surface area (TPSA) is 196 Å². The smallest absolute Gasteiger partial charge is 0.257 e. The van der Waals surface area contributed by atoms with Gasteiger partial charge in [0, 0.05) is 81.4 Å². The predicted molar refractivity (Wildman–Crippen MR) is 238 cm³/mol. The second kappa shape index (κ2) is 17.1. The molecule has 0 aliphatic carbocycles. The van der Waals surface area contributed by atoms with Crippen LogP contribution in [0.15, 0.2) is 78.8 Å². The number of pyridine rings is 1. The van der Waals surface area contributed by atoms with E-state index in [4.69, 9.17) is 5.10 Å². The summed E-state index contributed by atoms with van der Waals surface area (Å²) < 4.78 is 19.4. The lowest BCUT2D eigenvalue weighted by molar-refractivity contribution is -0.138. The van der Waals surface area contributed by atoms with E-state index in [1.165, 1.54) is 22.1 Å². The number of carbonyl (C=O) groups excluding carboxylic acids is 4. The molecule has 4 N–H and O–H groups in total. The van der Waals surface area contributed by atoms with Crippen molar-refractivity contribution in [2.45, 2.75) is 69.2 Å². The number of piperidine rings is 2. The molecule has 2 unspecified atom stereocenters. The van der Waals surface area contributed by atoms with E-state index < -0.39 is 23.5 Å². The Balaban J connectivity index is 0.738. The number of piperazine rings is 1. The van der Waals surface area contributed by atoms with Gasteiger partial charge in [0.25, 0.3) is 5.91 Å². The molecule has 3 saturated heterocycles. The lowest BCUT2D eigenvalue weighted by Gasteiger charge is -2.41. The number of rotatable bonds is 11. The molecular weight excluding hydrogens is 840 g/mol. The van der Waals surface area contributed by atoms with Gasteiger partial charge in [-0.25, -0.2) is 19.3 Å². The lowest BCUT2D eigenvalue weighted by Crippen LogP contribution is -2.52. The maximum Gasteiger partial charge on any atom is 0.257 e. The number of fused-ring (bicyclic) bond motifs is 2. The first-order valence-corrected chi connectivity index (χ1v) is 22.5. The highest BCUT2D eigenvalue weighted by molar-refractivity contribution is 7.13. The highest BCUT2D eigenvalue weighted by Gasteiger charge is 2.37. The molecule has 19 heteroatoms. The summed E-state index contributed by atoms with van der Waals surface area (Å²) in [5.41, 5.74) is 4.02. The maximum atomic E-state index is 15.8. The average molecular weight is 887 g/mol. The summed E-state index contributed by atoms with van der Waals surface area (Å²) in [7, 11) is 0. The number of anilines is 4. The lowest BCUT2D eigenvalue weighted by atomic mass is 9.87. The summed E-state index contributed by atoms with van der Waals surface area (Å²) in [5, 5.41) is 27.1. The maximum absolute atomic E-state index is 15.8. The van der Waals surface area contributed by atoms with Gasteiger partial charge in [-0.05, 0) is 79.6 Å². The van der Waals surface area contributed by atoms with E-state index in [1.807, 2.05) is 47.4 Å². The SMILES string of the molecule is O=C1CCC(Nc2ccc(N3CCC(O)(CC(=O)N4CCN(c5ccc(-c6cc(F)c7cn(C(C(=O)Nc8nccs8)c8ncn9c8CCC9)nc7c6)cc5)CC4)CC3)nc2)C(=O)N1. The van der Waals surface area contributed by atoms with Gasteiger partial charge in [-0.2, -0.15) is 5.10 Å². The summed E-state index contributed by atoms with van der Waals surface area (Å²) >= 11 is 1.31. The van der Waals surface area contributed by atoms with E-state index in [0.717, 1.165) is 42.1 Å². The number of nitrogens with zero attached hydrogens (tertiary/aromatic N) is 9. The third kappa shape index (κ3) is 8.39. The third-order valence-corrected chi connectivity index (χ3v) is 13.5. The fourth-order valence-electron chi connectivity index (χ4n) is 9.25. The normalized spacial score (nSPS) is 19.1. The van der Waals surface area contributed by atoms with Crippen molar-refractivity contribution in [1.82, 2.24) is 39.5 Å². The largest absolute Gasteiger partial charge is 0.389 e. The number of halogens is 1. The molecule has 0 saturated carbocycles. The van der Waals surface area contributed by atoms with E-state index in [9.17, 15) is 24.3 Å². The van der Waals surface area contributed by atoms with Crippen molar-refractivity contribution in [2.24, 2.45) is 0 Å². The molecule has 0 radical (unpaired) electrons. The summed E-state index contributed by atoms with van der Waals surface area (Å²) in [4.78, 5) is 70.3. The Morgan fingerprint density at radius 3 is 2.48 bits per heavy atom. The van der Waals surface area contributed by atoms with Gasteiger partial charge in [0.2, 0.25) is 17.7 Å². The summed E-state index contributed by atoms with van der Waals surface area (Å²) in [5.74, 6) is -0.715. The monoisotopic (exact) mass is 886 g/mol. The van der Waals surface area contributed by atoms with E-state index >= 15 is 4.39 Å². The van der Waals surface area contributed by atoms with Crippen molar-refractivity contribution >= 4 is 68.2 Å². The summed E-state index contributed by atoms with van der Waals surface area (Å²) in [6, 6.07) is 13.5. The van der Waals surface area contributed by atoms with Crippen LogP contribution in [0.1, 0.15) is 56.0 Å². The first kappa shape index (κ1) is 41.3. The van der Waals surface area contributed by atoms with Gasteiger partial charge in [-0.3, -0.25) is 34.5 Å². The molecule has 4 amide bonds. The number of amides is 4. The van der Waals surface area contributed by atoms with E-state index in [0.29, 0.717) is 91.5 Å². The minimum atomic E-state index is -1.10. The van der Waals surface area contributed by atoms with Gasteiger partial charge in [-0.15, -0.1) is 11.3 Å². The van der Waals surface area contributed by atoms with Gasteiger partial charge < -0.3 is 29.7 Å². The molecular formula is C45H47FN12O5S. The van der Waals surface area contributed by atoms with Crippen LogP contribution < -0.4 is 25.8 Å². The minimum absolute atomic E-state index is 0.0584. The van der Waals surface area contributed by atoms with Crippen molar-refractivity contribution in [3.05, 3.63) is 96.0 Å². The van der Waals surface area contributed by atoms with Crippen molar-refractivity contribution in [2.75, 3.05) is 59.7 Å². The van der Waals surface area contributed by atoms with E-state index in [2.05, 4.69) is 45.3 Å². The Morgan fingerprint density at radius 2 is 1.75 bits per heavy atom. The fraction of sp³-hybridized carbons (Fsp3) is 0.378. The second-order valence-corrected chi connectivity index (χ2v) is 17.9. The molecule has 4 aliphatic rings. The molecule has 10 rings (SSSR count). The van der Waals surface area contributed by atoms with Crippen LogP contribution >= 0.6 is 11.3 Å². The van der Waals surface area contributed by atoms with Crippen LogP contribution in [0, 0.1) is 5.82 Å². The van der Waals surface area contributed by atoms with Crippen LogP contribution in [0.2, 0.25) is 0 Å². The number of nitrogens with one attached hydrogen (secondary N) is 3. The standard InChI is InChI=1S/C45H47FN12O5S/c46-33-22-29(23-35-32(33)26-58(53-35)41(43(62)52-44-47-13-21-64-44)40-36-2-1-14-57(36)27-49-40)28-3-6-31(7-4-28)54-17-19-56(20-18-54)39(60)24-45(63)11-15-55(16-12-45)37-9-5-30(25-48-37)50-34-8-10-38(59)51-42(34)61/h3-7,9,13,21-23,25-27,34,41,50,63H,1-2,8,10-12,14-20,24H2,(H,47,52,62)(H,51,59,61). The van der Waals surface area contributed by atoms with Crippen molar-refractivity contribution < 1.29 is 28.7 Å². The van der Waals surface area contributed by atoms with Gasteiger partial charge in [0.05, 0.1) is 46.8 Å². The van der Waals surface area contributed by atoms with Gasteiger partial charge >= 0.3 is 0 Å². The molecule has 330 valence electrons. The van der Waals surface area contributed by atoms with Crippen molar-refractivity contribution in [1.29, 1.82) is 0 Å². The number of thiazole rings is 1. The number of imide groups is 1. The van der Waals surface area contributed by atoms with Crippen LogP contribution in [-0.4, -0.2) is 114 Å². The zero-order valence-corrected chi connectivity index (χ0v) is 35.8. The van der Waals surface area contributed by atoms with Gasteiger partial charge in [0.1, 0.15) is 17.7 Å². The fourth-order valence-corrected chi connectivity index (χ4v) is 9.78. The first-order valence-electron chi connectivity index (χ1n) is 21.7. The highest BCUT2D eigenvalue weighted by Crippen LogP contribution is 2.34. The van der Waals surface area contributed by atoms with Crippen LogP contribution in [0.5, 0.6) is 0 Å². The molecule has 6 aromatic rings. The number of imidazole rings is 1. The molecule has 4 aliphatic heterocycles. The first-order chi connectivity index (χ1) is 31.1. The Labute approximate surface area is 371 Å². The Kier molecular flexibility index (Phi) is 11.0. The number of aromatic nitrogens is 6. The minimum Gasteiger partial charge on any atom is -0.389 e. The van der Waals surface area contributed by atoms with Crippen LogP contribution in [-0.2, 0) is 32.1 Å². The third-order valence-electron chi connectivity index (χ3n) is 12.8. The summed E-state index contributed by atoms with van der Waals surface area (Å²) in [6.45, 7) is 4.25. The molecule has 17 nitrogen and oxygen atoms in total. The molecule has 8 heterocycles. The molecule has 2 aromatic carbocycles. The Morgan fingerprint density at radius 1 is 0.938 bits per heavy atom. The molecule has 0 bridgehead atoms. The molecule has 0 spiro atoms. The predicted octanol–water partition coefficient (Wildman–Crippen LogP) is 4.35. The van der Waals surface area contributed by atoms with Gasteiger partial charge in [0.15, 0.2) is 11.2 Å². The van der Waals surface area contributed by atoms with Crippen LogP contribution in [0.25, 0.3) is 22.0 Å². The number of aryl methyl sites for hydroxylation is 1. The van der Waals surface area contributed by atoms with E-state index in [-0.39, 0.29) is 36.5 Å². The zero-order valence-electron chi connectivity index (χ0n) is 35.0.